The lowest BCUT2D eigenvalue weighted by Crippen LogP contribution is -2.13. The maximum absolute atomic E-state index is 13.7. The molecule has 1 aliphatic heterocycles. The number of halogens is 1. The average Bonchev–Trinajstić information content (AvgIpc) is 2.64. The first-order valence-electron chi connectivity index (χ1n) is 4.79. The minimum atomic E-state index is -0.839. The standard InChI is InChI=1S/C10H9FN2O3/c11-10-7(6-4-9(14)12-5-6)2-1-3-8(10)13(15)16/h1-3,6H,4-5H2,(H,12,14). The van der Waals surface area contributed by atoms with Crippen LogP contribution < -0.4 is 5.32 Å². The number of amides is 1. The van der Waals surface area contributed by atoms with Gasteiger partial charge in [0.15, 0.2) is 0 Å². The van der Waals surface area contributed by atoms with Gasteiger partial charge in [0.25, 0.3) is 0 Å². The van der Waals surface area contributed by atoms with Gasteiger partial charge in [-0.15, -0.1) is 0 Å². The quantitative estimate of drug-likeness (QED) is 0.608. The van der Waals surface area contributed by atoms with Crippen molar-refractivity contribution in [3.63, 3.8) is 0 Å². The molecule has 1 unspecified atom stereocenters. The van der Waals surface area contributed by atoms with Crippen molar-refractivity contribution in [3.8, 4) is 0 Å². The average molecular weight is 224 g/mol. The van der Waals surface area contributed by atoms with Gasteiger partial charge in [0.1, 0.15) is 0 Å². The van der Waals surface area contributed by atoms with Crippen molar-refractivity contribution in [2.24, 2.45) is 0 Å². The van der Waals surface area contributed by atoms with Crippen molar-refractivity contribution in [2.75, 3.05) is 6.54 Å². The molecule has 1 aromatic rings. The Labute approximate surface area is 90.4 Å². The molecule has 1 amide bonds. The third-order valence-electron chi connectivity index (χ3n) is 2.62. The SMILES string of the molecule is O=C1CC(c2cccc([N+](=O)[O-])c2F)CN1. The molecule has 0 aliphatic carbocycles. The molecular formula is C10H9FN2O3. The van der Waals surface area contributed by atoms with Crippen molar-refractivity contribution in [1.29, 1.82) is 0 Å². The molecule has 0 saturated carbocycles. The van der Waals surface area contributed by atoms with Gasteiger partial charge < -0.3 is 5.32 Å². The molecule has 0 bridgehead atoms. The summed E-state index contributed by atoms with van der Waals surface area (Å²) in [4.78, 5) is 20.8. The number of nitro benzene ring substituents is 1. The van der Waals surface area contributed by atoms with Crippen LogP contribution in [0.3, 0.4) is 0 Å². The maximum atomic E-state index is 13.7. The Morgan fingerprint density at radius 2 is 2.25 bits per heavy atom. The Hall–Kier alpha value is -1.98. The summed E-state index contributed by atoms with van der Waals surface area (Å²) < 4.78 is 13.7. The number of nitrogens with zero attached hydrogens (tertiary/aromatic N) is 1. The highest BCUT2D eigenvalue weighted by Gasteiger charge is 2.28. The van der Waals surface area contributed by atoms with Gasteiger partial charge in [0.05, 0.1) is 4.92 Å². The molecule has 1 aromatic carbocycles. The largest absolute Gasteiger partial charge is 0.355 e. The van der Waals surface area contributed by atoms with E-state index < -0.39 is 16.4 Å². The highest BCUT2D eigenvalue weighted by molar-refractivity contribution is 5.79. The van der Waals surface area contributed by atoms with Crippen molar-refractivity contribution >= 4 is 11.6 Å². The topological polar surface area (TPSA) is 72.2 Å². The van der Waals surface area contributed by atoms with E-state index in [2.05, 4.69) is 5.32 Å². The van der Waals surface area contributed by atoms with Gasteiger partial charge in [-0.25, -0.2) is 0 Å². The van der Waals surface area contributed by atoms with E-state index in [9.17, 15) is 19.3 Å². The highest BCUT2D eigenvalue weighted by Crippen LogP contribution is 2.29. The van der Waals surface area contributed by atoms with E-state index in [1.165, 1.54) is 12.1 Å². The Kier molecular flexibility index (Phi) is 2.55. The number of carbonyl (C=O) groups is 1. The second-order valence-electron chi connectivity index (χ2n) is 3.64. The van der Waals surface area contributed by atoms with Crippen LogP contribution in [-0.4, -0.2) is 17.4 Å². The van der Waals surface area contributed by atoms with E-state index in [4.69, 9.17) is 0 Å². The molecule has 0 spiro atoms. The van der Waals surface area contributed by atoms with Crippen LogP contribution in [0.1, 0.15) is 17.9 Å². The fourth-order valence-electron chi connectivity index (χ4n) is 1.82. The van der Waals surface area contributed by atoms with E-state index in [1.54, 1.807) is 0 Å². The first-order chi connectivity index (χ1) is 7.59. The fraction of sp³-hybridized carbons (Fsp3) is 0.300. The lowest BCUT2D eigenvalue weighted by molar-refractivity contribution is -0.387. The molecule has 0 radical (unpaired) electrons. The van der Waals surface area contributed by atoms with Crippen LogP contribution in [0.2, 0.25) is 0 Å². The smallest absolute Gasteiger partial charge is 0.305 e. The fourth-order valence-corrected chi connectivity index (χ4v) is 1.82. The zero-order valence-electron chi connectivity index (χ0n) is 8.27. The summed E-state index contributed by atoms with van der Waals surface area (Å²) >= 11 is 0. The third kappa shape index (κ3) is 1.73. The zero-order valence-corrected chi connectivity index (χ0v) is 8.27. The van der Waals surface area contributed by atoms with E-state index in [-0.39, 0.29) is 23.8 Å². The molecule has 1 N–H and O–H groups in total. The van der Waals surface area contributed by atoms with Crippen LogP contribution in [-0.2, 0) is 4.79 Å². The summed E-state index contributed by atoms with van der Waals surface area (Å²) in [6.45, 7) is 0.330. The Morgan fingerprint density at radius 1 is 1.50 bits per heavy atom. The van der Waals surface area contributed by atoms with Crippen LogP contribution >= 0.6 is 0 Å². The third-order valence-corrected chi connectivity index (χ3v) is 2.62. The molecule has 16 heavy (non-hydrogen) atoms. The predicted molar refractivity (Wildman–Crippen MR) is 53.4 cm³/mol. The molecule has 0 aromatic heterocycles. The monoisotopic (exact) mass is 224 g/mol. The molecule has 1 heterocycles. The highest BCUT2D eigenvalue weighted by atomic mass is 19.1. The number of nitrogens with one attached hydrogen (secondary N) is 1. The number of carbonyl (C=O) groups excluding carboxylic acids is 1. The molecule has 1 atom stereocenters. The van der Waals surface area contributed by atoms with E-state index >= 15 is 0 Å². The van der Waals surface area contributed by atoms with Crippen LogP contribution in [0.5, 0.6) is 0 Å². The Morgan fingerprint density at radius 3 is 2.81 bits per heavy atom. The summed E-state index contributed by atoms with van der Waals surface area (Å²) in [7, 11) is 0. The number of rotatable bonds is 2. The molecule has 1 saturated heterocycles. The van der Waals surface area contributed by atoms with Crippen LogP contribution in [0.15, 0.2) is 18.2 Å². The molecule has 6 heteroatoms. The van der Waals surface area contributed by atoms with Gasteiger partial charge in [-0.1, -0.05) is 12.1 Å². The molecule has 84 valence electrons. The minimum absolute atomic E-state index is 0.157. The van der Waals surface area contributed by atoms with Crippen molar-refractivity contribution < 1.29 is 14.1 Å². The molecule has 1 fully saturated rings. The number of nitro groups is 1. The normalized spacial score (nSPS) is 19.6. The van der Waals surface area contributed by atoms with Crippen molar-refractivity contribution in [2.45, 2.75) is 12.3 Å². The molecule has 5 nitrogen and oxygen atoms in total. The number of hydrogen-bond acceptors (Lipinski definition) is 3. The first-order valence-corrected chi connectivity index (χ1v) is 4.79. The zero-order chi connectivity index (χ0) is 11.7. The van der Waals surface area contributed by atoms with Crippen LogP contribution in [0, 0.1) is 15.9 Å². The molecule has 1 aliphatic rings. The lowest BCUT2D eigenvalue weighted by atomic mass is 9.97. The van der Waals surface area contributed by atoms with Gasteiger partial charge in [-0.3, -0.25) is 14.9 Å². The van der Waals surface area contributed by atoms with Gasteiger partial charge >= 0.3 is 5.69 Å². The molecule has 2 rings (SSSR count). The van der Waals surface area contributed by atoms with Crippen molar-refractivity contribution in [1.82, 2.24) is 5.32 Å². The number of benzene rings is 1. The minimum Gasteiger partial charge on any atom is -0.355 e. The maximum Gasteiger partial charge on any atom is 0.305 e. The summed E-state index contributed by atoms with van der Waals surface area (Å²) in [5.74, 6) is -1.31. The van der Waals surface area contributed by atoms with Gasteiger partial charge in [0.2, 0.25) is 11.7 Å². The summed E-state index contributed by atoms with van der Waals surface area (Å²) in [6.07, 6.45) is 0.179. The van der Waals surface area contributed by atoms with Gasteiger partial charge in [-0.2, -0.15) is 4.39 Å². The predicted octanol–water partition coefficient (Wildman–Crippen LogP) is 1.34. The van der Waals surface area contributed by atoms with E-state index in [0.717, 1.165) is 6.07 Å². The van der Waals surface area contributed by atoms with Crippen LogP contribution in [0.4, 0.5) is 10.1 Å². The van der Waals surface area contributed by atoms with Gasteiger partial charge in [-0.05, 0) is 0 Å². The summed E-state index contributed by atoms with van der Waals surface area (Å²) in [5.41, 5.74) is -0.315. The van der Waals surface area contributed by atoms with Crippen LogP contribution in [0.25, 0.3) is 0 Å². The summed E-state index contributed by atoms with van der Waals surface area (Å²) in [6, 6.07) is 4.02. The summed E-state index contributed by atoms with van der Waals surface area (Å²) in [5, 5.41) is 13.1. The Bertz CT molecular complexity index is 461. The Balaban J connectivity index is 2.38. The second-order valence-corrected chi connectivity index (χ2v) is 3.64. The van der Waals surface area contributed by atoms with Gasteiger partial charge in [0, 0.05) is 30.5 Å². The van der Waals surface area contributed by atoms with Crippen molar-refractivity contribution in [3.05, 3.63) is 39.7 Å². The van der Waals surface area contributed by atoms with E-state index in [1.807, 2.05) is 0 Å². The second kappa shape index (κ2) is 3.88. The lowest BCUT2D eigenvalue weighted by Gasteiger charge is -2.08. The van der Waals surface area contributed by atoms with E-state index in [0.29, 0.717) is 6.54 Å². The number of hydrogen-bond donors (Lipinski definition) is 1. The first kappa shape index (κ1) is 10.5. The molecular weight excluding hydrogens is 215 g/mol.